The molecular weight excluding hydrogens is 276 g/mol. The summed E-state index contributed by atoms with van der Waals surface area (Å²) in [5, 5.41) is 2.92. The smallest absolute Gasteiger partial charge is 0.195 e. The minimum atomic E-state index is 0.435. The van der Waals surface area contributed by atoms with Gasteiger partial charge in [-0.1, -0.05) is 24.4 Å². The average molecular weight is 288 g/mol. The molecule has 0 atom stereocenters. The van der Waals surface area contributed by atoms with E-state index in [0.29, 0.717) is 11.4 Å². The van der Waals surface area contributed by atoms with Gasteiger partial charge in [-0.15, -0.1) is 11.3 Å². The van der Waals surface area contributed by atoms with Gasteiger partial charge < -0.3 is 5.73 Å². The van der Waals surface area contributed by atoms with Crippen LogP contribution in [0.1, 0.15) is 11.5 Å². The number of nitrogens with zero attached hydrogens (tertiary/aromatic N) is 3. The van der Waals surface area contributed by atoms with Crippen molar-refractivity contribution in [1.82, 2.24) is 14.5 Å². The summed E-state index contributed by atoms with van der Waals surface area (Å²) in [6, 6.07) is 7.97. The number of hydrogen-bond donors (Lipinski definition) is 1. The van der Waals surface area contributed by atoms with Crippen molar-refractivity contribution in [2.75, 3.05) is 0 Å². The molecule has 0 fully saturated rings. The van der Waals surface area contributed by atoms with Crippen LogP contribution in [0.2, 0.25) is 0 Å². The predicted molar refractivity (Wildman–Crippen MR) is 82.0 cm³/mol. The normalized spacial score (nSPS) is 11.0. The molecule has 0 spiro atoms. The fourth-order valence-corrected chi connectivity index (χ4v) is 2.97. The largest absolute Gasteiger partial charge is 0.393 e. The van der Waals surface area contributed by atoms with Crippen LogP contribution in [0.3, 0.4) is 0 Å². The average Bonchev–Trinajstić information content (AvgIpc) is 2.91. The summed E-state index contributed by atoms with van der Waals surface area (Å²) in [4.78, 5) is 9.56. The van der Waals surface area contributed by atoms with Gasteiger partial charge in [0.15, 0.2) is 5.13 Å². The summed E-state index contributed by atoms with van der Waals surface area (Å²) in [6.45, 7) is 1.98. The van der Waals surface area contributed by atoms with Crippen LogP contribution in [0.15, 0.2) is 29.6 Å². The van der Waals surface area contributed by atoms with Gasteiger partial charge in [0.2, 0.25) is 0 Å². The monoisotopic (exact) mass is 288 g/mol. The van der Waals surface area contributed by atoms with Gasteiger partial charge in [-0.05, 0) is 19.1 Å². The molecule has 4 nitrogen and oxygen atoms in total. The SMILES string of the molecule is Cc1csc(-n2c(CC(N)=S)nc3ccccc32)n1. The molecule has 0 radical (unpaired) electrons. The molecule has 2 aromatic heterocycles. The topological polar surface area (TPSA) is 56.7 Å². The van der Waals surface area contributed by atoms with Crippen LogP contribution in [0, 0.1) is 6.92 Å². The number of para-hydroxylation sites is 2. The van der Waals surface area contributed by atoms with Crippen LogP contribution in [0.25, 0.3) is 16.2 Å². The third kappa shape index (κ3) is 2.24. The highest BCUT2D eigenvalue weighted by Gasteiger charge is 2.14. The Morgan fingerprint density at radius 1 is 1.37 bits per heavy atom. The summed E-state index contributed by atoms with van der Waals surface area (Å²) in [5.41, 5.74) is 8.62. The molecule has 2 heterocycles. The first kappa shape index (κ1) is 12.3. The van der Waals surface area contributed by atoms with Crippen LogP contribution in [0.5, 0.6) is 0 Å². The van der Waals surface area contributed by atoms with Gasteiger partial charge in [-0.3, -0.25) is 4.57 Å². The van der Waals surface area contributed by atoms with Crippen molar-refractivity contribution in [2.24, 2.45) is 5.73 Å². The Kier molecular flexibility index (Phi) is 3.04. The molecule has 0 aliphatic heterocycles. The minimum Gasteiger partial charge on any atom is -0.393 e. The number of benzene rings is 1. The van der Waals surface area contributed by atoms with E-state index in [4.69, 9.17) is 18.0 Å². The van der Waals surface area contributed by atoms with E-state index >= 15 is 0 Å². The van der Waals surface area contributed by atoms with Crippen LogP contribution in [0.4, 0.5) is 0 Å². The van der Waals surface area contributed by atoms with E-state index in [0.717, 1.165) is 27.7 Å². The van der Waals surface area contributed by atoms with Crippen molar-refractivity contribution in [2.45, 2.75) is 13.3 Å². The van der Waals surface area contributed by atoms with Gasteiger partial charge in [0.25, 0.3) is 0 Å². The first-order chi connectivity index (χ1) is 9.15. The number of thiocarbonyl (C=S) groups is 1. The van der Waals surface area contributed by atoms with Crippen LogP contribution in [-0.2, 0) is 6.42 Å². The van der Waals surface area contributed by atoms with E-state index in [1.54, 1.807) is 11.3 Å². The van der Waals surface area contributed by atoms with Gasteiger partial charge in [-0.25, -0.2) is 9.97 Å². The zero-order chi connectivity index (χ0) is 13.4. The Morgan fingerprint density at radius 3 is 2.84 bits per heavy atom. The van der Waals surface area contributed by atoms with Crippen molar-refractivity contribution in [1.29, 1.82) is 0 Å². The standard InChI is InChI=1S/C13H12N4S2/c1-8-7-19-13(15-8)17-10-5-3-2-4-9(10)16-12(17)6-11(14)18/h2-5,7H,6H2,1H3,(H2,14,18). The predicted octanol–water partition coefficient (Wildman–Crippen LogP) is 2.62. The zero-order valence-electron chi connectivity index (χ0n) is 10.3. The minimum absolute atomic E-state index is 0.435. The molecule has 0 bridgehead atoms. The van der Waals surface area contributed by atoms with Crippen LogP contribution < -0.4 is 5.73 Å². The van der Waals surface area contributed by atoms with Crippen molar-refractivity contribution >= 4 is 39.6 Å². The fraction of sp³-hybridized carbons (Fsp3) is 0.154. The highest BCUT2D eigenvalue weighted by atomic mass is 32.1. The quantitative estimate of drug-likeness (QED) is 0.753. The second-order valence-electron chi connectivity index (χ2n) is 4.27. The maximum Gasteiger partial charge on any atom is 0.195 e. The molecular formula is C13H12N4S2. The molecule has 0 aliphatic carbocycles. The molecule has 2 N–H and O–H groups in total. The number of fused-ring (bicyclic) bond motifs is 1. The molecule has 19 heavy (non-hydrogen) atoms. The van der Waals surface area contributed by atoms with Gasteiger partial charge in [0, 0.05) is 5.38 Å². The third-order valence-corrected chi connectivity index (χ3v) is 3.85. The summed E-state index contributed by atoms with van der Waals surface area (Å²) in [5.74, 6) is 0.836. The lowest BCUT2D eigenvalue weighted by molar-refractivity contribution is 0.949. The summed E-state index contributed by atoms with van der Waals surface area (Å²) in [7, 11) is 0. The highest BCUT2D eigenvalue weighted by Crippen LogP contribution is 2.24. The van der Waals surface area contributed by atoms with E-state index in [2.05, 4.69) is 9.97 Å². The molecule has 3 aromatic rings. The van der Waals surface area contributed by atoms with E-state index in [1.165, 1.54) is 0 Å². The van der Waals surface area contributed by atoms with E-state index in [9.17, 15) is 0 Å². The molecule has 0 aliphatic rings. The van der Waals surface area contributed by atoms with Crippen LogP contribution in [-0.4, -0.2) is 19.5 Å². The second-order valence-corrected chi connectivity index (χ2v) is 5.63. The third-order valence-electron chi connectivity index (χ3n) is 2.76. The summed E-state index contributed by atoms with van der Waals surface area (Å²) >= 11 is 6.60. The number of imidazole rings is 1. The van der Waals surface area contributed by atoms with E-state index < -0.39 is 0 Å². The summed E-state index contributed by atoms with van der Waals surface area (Å²) < 4.78 is 2.03. The number of nitrogens with two attached hydrogens (primary N) is 1. The van der Waals surface area contributed by atoms with Gasteiger partial charge in [0.1, 0.15) is 5.82 Å². The molecule has 0 saturated carbocycles. The Balaban J connectivity index is 2.26. The number of aromatic nitrogens is 3. The Hall–Kier alpha value is -1.79. The first-order valence-corrected chi connectivity index (χ1v) is 7.11. The Morgan fingerprint density at radius 2 is 2.16 bits per heavy atom. The molecule has 6 heteroatoms. The number of rotatable bonds is 3. The molecule has 0 amide bonds. The maximum atomic E-state index is 5.66. The first-order valence-electron chi connectivity index (χ1n) is 5.82. The number of aryl methyl sites for hydroxylation is 1. The number of thiazole rings is 1. The maximum absolute atomic E-state index is 5.66. The van der Waals surface area contributed by atoms with Crippen LogP contribution >= 0.6 is 23.6 Å². The molecule has 0 unspecified atom stereocenters. The van der Waals surface area contributed by atoms with Crippen molar-refractivity contribution in [3.05, 3.63) is 41.2 Å². The van der Waals surface area contributed by atoms with Gasteiger partial charge >= 0.3 is 0 Å². The Labute approximate surface area is 119 Å². The Bertz CT molecular complexity index is 757. The van der Waals surface area contributed by atoms with Crippen molar-refractivity contribution in [3.63, 3.8) is 0 Å². The molecule has 96 valence electrons. The zero-order valence-corrected chi connectivity index (χ0v) is 12.0. The molecule has 1 aromatic carbocycles. The lowest BCUT2D eigenvalue weighted by atomic mass is 10.3. The highest BCUT2D eigenvalue weighted by molar-refractivity contribution is 7.80. The molecule has 3 rings (SSSR count). The van der Waals surface area contributed by atoms with E-state index in [1.807, 2.05) is 41.1 Å². The lowest BCUT2D eigenvalue weighted by Gasteiger charge is -2.04. The second kappa shape index (κ2) is 4.71. The van der Waals surface area contributed by atoms with Crippen molar-refractivity contribution < 1.29 is 0 Å². The van der Waals surface area contributed by atoms with Gasteiger partial charge in [-0.2, -0.15) is 0 Å². The van der Waals surface area contributed by atoms with Crippen molar-refractivity contribution in [3.8, 4) is 5.13 Å². The lowest BCUT2D eigenvalue weighted by Crippen LogP contribution is -2.14. The van der Waals surface area contributed by atoms with E-state index in [-0.39, 0.29) is 0 Å². The summed E-state index contributed by atoms with van der Waals surface area (Å²) in [6.07, 6.45) is 0.475. The fourth-order valence-electron chi connectivity index (χ4n) is 2.01. The molecule has 0 saturated heterocycles. The number of hydrogen-bond acceptors (Lipinski definition) is 4. The van der Waals surface area contributed by atoms with Gasteiger partial charge in [0.05, 0.1) is 28.1 Å².